The van der Waals surface area contributed by atoms with Crippen molar-refractivity contribution in [3.63, 3.8) is 0 Å². The number of amides is 1. The van der Waals surface area contributed by atoms with Gasteiger partial charge in [0.25, 0.3) is 0 Å². The van der Waals surface area contributed by atoms with E-state index >= 15 is 0 Å². The zero-order valence-corrected chi connectivity index (χ0v) is 11.9. The van der Waals surface area contributed by atoms with E-state index in [2.05, 4.69) is 11.4 Å². The Morgan fingerprint density at radius 1 is 1.30 bits per heavy atom. The van der Waals surface area contributed by atoms with E-state index < -0.39 is 11.9 Å². The molecule has 1 aromatic heterocycles. The van der Waals surface area contributed by atoms with Gasteiger partial charge in [0.15, 0.2) is 0 Å². The first-order valence-corrected chi connectivity index (χ1v) is 8.14. The summed E-state index contributed by atoms with van der Waals surface area (Å²) in [6.07, 6.45) is 3.83. The molecule has 1 aromatic rings. The van der Waals surface area contributed by atoms with E-state index in [9.17, 15) is 9.59 Å². The van der Waals surface area contributed by atoms with Gasteiger partial charge in [-0.2, -0.15) is 0 Å². The van der Waals surface area contributed by atoms with Crippen molar-refractivity contribution < 1.29 is 14.7 Å². The Morgan fingerprint density at radius 2 is 2.10 bits per heavy atom. The number of carboxylic acid groups (broad SMARTS) is 1. The number of aliphatic carboxylic acids is 1. The summed E-state index contributed by atoms with van der Waals surface area (Å²) in [7, 11) is 0. The van der Waals surface area contributed by atoms with Crippen LogP contribution in [0.15, 0.2) is 11.4 Å². The quantitative estimate of drug-likeness (QED) is 0.929. The Hall–Kier alpha value is -1.36. The molecule has 2 aliphatic carbocycles. The molecule has 0 bridgehead atoms. The Bertz CT molecular complexity index is 577. The Balaban J connectivity index is 1.59. The monoisotopic (exact) mass is 291 g/mol. The summed E-state index contributed by atoms with van der Waals surface area (Å²) in [6, 6.07) is 2.37. The molecule has 3 atom stereocenters. The van der Waals surface area contributed by atoms with Gasteiger partial charge >= 0.3 is 5.97 Å². The predicted octanol–water partition coefficient (Wildman–Crippen LogP) is 2.30. The Labute approximate surface area is 121 Å². The molecule has 106 valence electrons. The molecule has 4 nitrogen and oxygen atoms in total. The zero-order chi connectivity index (χ0) is 13.9. The summed E-state index contributed by atoms with van der Waals surface area (Å²) in [4.78, 5) is 27.0. The van der Waals surface area contributed by atoms with E-state index in [1.807, 2.05) is 4.90 Å². The molecule has 2 fully saturated rings. The van der Waals surface area contributed by atoms with Gasteiger partial charge < -0.3 is 10.0 Å². The molecule has 20 heavy (non-hydrogen) atoms. The molecule has 1 aliphatic heterocycles. The molecule has 5 heteroatoms. The first kappa shape index (κ1) is 12.4. The average molecular weight is 291 g/mol. The number of fused-ring (bicyclic) bond motifs is 1. The van der Waals surface area contributed by atoms with Crippen molar-refractivity contribution in [2.45, 2.75) is 31.7 Å². The maximum Gasteiger partial charge on any atom is 0.307 e. The number of rotatable bonds is 3. The van der Waals surface area contributed by atoms with Gasteiger partial charge in [0.2, 0.25) is 5.91 Å². The minimum Gasteiger partial charge on any atom is -0.481 e. The van der Waals surface area contributed by atoms with Gasteiger partial charge in [-0.3, -0.25) is 9.59 Å². The van der Waals surface area contributed by atoms with Crippen molar-refractivity contribution in [3.05, 3.63) is 21.9 Å². The van der Waals surface area contributed by atoms with Gasteiger partial charge in [0.1, 0.15) is 0 Å². The lowest BCUT2D eigenvalue weighted by molar-refractivity contribution is -0.143. The molecule has 4 rings (SSSR count). The summed E-state index contributed by atoms with van der Waals surface area (Å²) in [5, 5.41) is 11.1. The minimum atomic E-state index is -0.820. The van der Waals surface area contributed by atoms with Crippen LogP contribution in [0.2, 0.25) is 0 Å². The third-order valence-electron chi connectivity index (χ3n) is 4.79. The van der Waals surface area contributed by atoms with Crippen molar-refractivity contribution in [2.75, 3.05) is 6.54 Å². The van der Waals surface area contributed by atoms with Gasteiger partial charge in [-0.15, -0.1) is 11.3 Å². The van der Waals surface area contributed by atoms with Crippen LogP contribution in [0.25, 0.3) is 0 Å². The van der Waals surface area contributed by atoms with Gasteiger partial charge in [-0.05, 0) is 48.6 Å². The van der Waals surface area contributed by atoms with Gasteiger partial charge in [-0.1, -0.05) is 0 Å². The van der Waals surface area contributed by atoms with Crippen molar-refractivity contribution >= 4 is 23.2 Å². The van der Waals surface area contributed by atoms with Crippen molar-refractivity contribution in [3.8, 4) is 0 Å². The second kappa shape index (κ2) is 4.32. The zero-order valence-electron chi connectivity index (χ0n) is 11.1. The van der Waals surface area contributed by atoms with Crippen LogP contribution in [0, 0.1) is 17.8 Å². The predicted molar refractivity (Wildman–Crippen MR) is 74.4 cm³/mol. The molecule has 2 heterocycles. The topological polar surface area (TPSA) is 57.6 Å². The lowest BCUT2D eigenvalue weighted by atomic mass is 9.95. The van der Waals surface area contributed by atoms with E-state index in [1.54, 1.807) is 11.3 Å². The van der Waals surface area contributed by atoms with E-state index in [0.29, 0.717) is 12.3 Å². The van der Waals surface area contributed by atoms with E-state index in [-0.39, 0.29) is 17.9 Å². The summed E-state index contributed by atoms with van der Waals surface area (Å²) in [5.74, 6) is -0.861. The third kappa shape index (κ3) is 1.87. The molecule has 1 N–H and O–H groups in total. The standard InChI is InChI=1S/C15H17NO3S/c17-14(10-7-11(10)15(18)19)16-5-3-12-9(4-6-20-12)13(16)8-1-2-8/h4,6,8,10-11,13H,1-3,5,7H2,(H,18,19). The number of thiophene rings is 1. The number of hydrogen-bond acceptors (Lipinski definition) is 3. The second-order valence-electron chi connectivity index (χ2n) is 6.15. The molecule has 0 aromatic carbocycles. The normalized spacial score (nSPS) is 31.8. The number of nitrogens with zero attached hydrogens (tertiary/aromatic N) is 1. The number of hydrogen-bond donors (Lipinski definition) is 1. The highest BCUT2D eigenvalue weighted by Gasteiger charge is 2.52. The van der Waals surface area contributed by atoms with E-state index in [4.69, 9.17) is 5.11 Å². The largest absolute Gasteiger partial charge is 0.481 e. The lowest BCUT2D eigenvalue weighted by Crippen LogP contribution is -2.41. The first-order valence-electron chi connectivity index (χ1n) is 7.26. The molecular weight excluding hydrogens is 274 g/mol. The van der Waals surface area contributed by atoms with Crippen molar-refractivity contribution in [1.29, 1.82) is 0 Å². The number of carboxylic acids is 1. The van der Waals surface area contributed by atoms with Crippen LogP contribution in [-0.2, 0) is 16.0 Å². The maximum atomic E-state index is 12.6. The highest BCUT2D eigenvalue weighted by atomic mass is 32.1. The van der Waals surface area contributed by atoms with E-state index in [1.165, 1.54) is 23.3 Å². The third-order valence-corrected chi connectivity index (χ3v) is 5.79. The molecule has 0 radical (unpaired) electrons. The van der Waals surface area contributed by atoms with Crippen LogP contribution in [0.4, 0.5) is 0 Å². The summed E-state index contributed by atoms with van der Waals surface area (Å²) >= 11 is 1.79. The smallest absolute Gasteiger partial charge is 0.307 e. The molecule has 3 aliphatic rings. The van der Waals surface area contributed by atoms with Crippen molar-refractivity contribution in [2.24, 2.45) is 17.8 Å². The van der Waals surface area contributed by atoms with Gasteiger partial charge in [0.05, 0.1) is 17.9 Å². The Kier molecular flexibility index (Phi) is 2.67. The summed E-state index contributed by atoms with van der Waals surface area (Å²) < 4.78 is 0. The lowest BCUT2D eigenvalue weighted by Gasteiger charge is -2.36. The molecule has 3 unspecified atom stereocenters. The summed E-state index contributed by atoms with van der Waals surface area (Å²) in [5.41, 5.74) is 1.32. The second-order valence-corrected chi connectivity index (χ2v) is 7.15. The van der Waals surface area contributed by atoms with Gasteiger partial charge in [0, 0.05) is 11.4 Å². The van der Waals surface area contributed by atoms with Crippen LogP contribution in [0.5, 0.6) is 0 Å². The van der Waals surface area contributed by atoms with Crippen LogP contribution < -0.4 is 0 Å². The fourth-order valence-electron chi connectivity index (χ4n) is 3.47. The van der Waals surface area contributed by atoms with E-state index in [0.717, 1.165) is 13.0 Å². The molecule has 0 saturated heterocycles. The molecule has 1 amide bonds. The number of carbonyl (C=O) groups excluding carboxylic acids is 1. The highest BCUT2D eigenvalue weighted by Crippen LogP contribution is 2.50. The highest BCUT2D eigenvalue weighted by molar-refractivity contribution is 7.10. The molecular formula is C15H17NO3S. The van der Waals surface area contributed by atoms with Crippen molar-refractivity contribution in [1.82, 2.24) is 4.90 Å². The fraction of sp³-hybridized carbons (Fsp3) is 0.600. The van der Waals surface area contributed by atoms with Gasteiger partial charge in [-0.25, -0.2) is 0 Å². The molecule has 2 saturated carbocycles. The van der Waals surface area contributed by atoms with Crippen LogP contribution in [0.1, 0.15) is 35.7 Å². The SMILES string of the molecule is O=C(O)C1CC1C(=O)N1CCc2sccc2C1C1CC1. The fourth-order valence-corrected chi connectivity index (χ4v) is 4.38. The average Bonchev–Trinajstić information content (AvgIpc) is 3.32. The number of carbonyl (C=O) groups is 2. The summed E-state index contributed by atoms with van der Waals surface area (Å²) in [6.45, 7) is 0.760. The first-order chi connectivity index (χ1) is 9.66. The minimum absolute atomic E-state index is 0.0751. The maximum absolute atomic E-state index is 12.6. The molecule has 0 spiro atoms. The van der Waals surface area contributed by atoms with Crippen LogP contribution >= 0.6 is 11.3 Å². The van der Waals surface area contributed by atoms with Crippen LogP contribution in [0.3, 0.4) is 0 Å². The Morgan fingerprint density at radius 3 is 2.75 bits per heavy atom. The van der Waals surface area contributed by atoms with Crippen LogP contribution in [-0.4, -0.2) is 28.4 Å².